The predicted octanol–water partition coefficient (Wildman–Crippen LogP) is 1.61. The Balaban J connectivity index is 2.67. The van der Waals surface area contributed by atoms with Gasteiger partial charge in [0.05, 0.1) is 5.56 Å². The Labute approximate surface area is 77.1 Å². The van der Waals surface area contributed by atoms with Crippen LogP contribution in [0, 0.1) is 0 Å². The molecular formula is C8H5BrO3. The zero-order valence-electron chi connectivity index (χ0n) is 5.95. The molecule has 0 saturated heterocycles. The molecule has 2 rings (SSSR count). The number of rotatable bonds is 0. The number of hydrogen-bond acceptors (Lipinski definition) is 3. The highest BCUT2D eigenvalue weighted by atomic mass is 79.9. The van der Waals surface area contributed by atoms with E-state index >= 15 is 0 Å². The van der Waals surface area contributed by atoms with Crippen LogP contribution < -0.4 is 0 Å². The van der Waals surface area contributed by atoms with Crippen LogP contribution in [-0.2, 0) is 4.74 Å². The van der Waals surface area contributed by atoms with Crippen molar-refractivity contribution in [2.24, 2.45) is 0 Å². The van der Waals surface area contributed by atoms with Gasteiger partial charge in [0.1, 0.15) is 0 Å². The second-order valence-electron chi connectivity index (χ2n) is 2.46. The molecule has 1 aliphatic rings. The van der Waals surface area contributed by atoms with Gasteiger partial charge in [0, 0.05) is 10.0 Å². The molecule has 0 saturated carbocycles. The van der Waals surface area contributed by atoms with Gasteiger partial charge in [-0.15, -0.1) is 0 Å². The zero-order valence-corrected chi connectivity index (χ0v) is 7.54. The van der Waals surface area contributed by atoms with Crippen molar-refractivity contribution in [1.29, 1.82) is 0 Å². The standard InChI is InChI=1S/C8H5BrO3/c9-5-3-1-2-4-6(5)8(11)12-7(4)10/h1-3,8,11H/t8-/m1/s1. The molecule has 12 heavy (non-hydrogen) atoms. The summed E-state index contributed by atoms with van der Waals surface area (Å²) in [5.41, 5.74) is 0.944. The second kappa shape index (κ2) is 2.57. The Morgan fingerprint density at radius 3 is 2.92 bits per heavy atom. The molecular weight excluding hydrogens is 224 g/mol. The topological polar surface area (TPSA) is 46.5 Å². The first-order valence-corrected chi connectivity index (χ1v) is 4.17. The average molecular weight is 229 g/mol. The summed E-state index contributed by atoms with van der Waals surface area (Å²) in [5, 5.41) is 9.26. The molecule has 1 heterocycles. The van der Waals surface area contributed by atoms with Crippen molar-refractivity contribution in [3.05, 3.63) is 33.8 Å². The molecule has 1 aliphatic heterocycles. The van der Waals surface area contributed by atoms with Crippen LogP contribution in [0.3, 0.4) is 0 Å². The van der Waals surface area contributed by atoms with E-state index in [9.17, 15) is 9.90 Å². The van der Waals surface area contributed by atoms with Crippen molar-refractivity contribution in [3.8, 4) is 0 Å². The molecule has 3 nitrogen and oxygen atoms in total. The van der Waals surface area contributed by atoms with Crippen molar-refractivity contribution in [1.82, 2.24) is 0 Å². The van der Waals surface area contributed by atoms with Gasteiger partial charge in [0.25, 0.3) is 0 Å². The molecule has 4 heteroatoms. The number of aliphatic hydroxyl groups is 1. The molecule has 1 aromatic carbocycles. The molecule has 0 amide bonds. The van der Waals surface area contributed by atoms with Crippen LogP contribution in [0.4, 0.5) is 0 Å². The highest BCUT2D eigenvalue weighted by molar-refractivity contribution is 9.10. The first kappa shape index (κ1) is 7.76. The first-order chi connectivity index (χ1) is 5.70. The minimum Gasteiger partial charge on any atom is -0.428 e. The Hall–Kier alpha value is -0.870. The summed E-state index contributed by atoms with van der Waals surface area (Å²) in [7, 11) is 0. The van der Waals surface area contributed by atoms with Gasteiger partial charge >= 0.3 is 5.97 Å². The fraction of sp³-hybridized carbons (Fsp3) is 0.125. The fourth-order valence-corrected chi connectivity index (χ4v) is 1.75. The van der Waals surface area contributed by atoms with Crippen LogP contribution in [0.2, 0.25) is 0 Å². The number of benzene rings is 1. The zero-order chi connectivity index (χ0) is 8.72. The average Bonchev–Trinajstić information content (AvgIpc) is 2.29. The number of cyclic esters (lactones) is 1. The first-order valence-electron chi connectivity index (χ1n) is 3.37. The summed E-state index contributed by atoms with van der Waals surface area (Å²) in [4.78, 5) is 11.0. The lowest BCUT2D eigenvalue weighted by Gasteiger charge is -2.02. The molecule has 0 aromatic heterocycles. The summed E-state index contributed by atoms with van der Waals surface area (Å²) in [6.07, 6.45) is -1.12. The summed E-state index contributed by atoms with van der Waals surface area (Å²) in [6, 6.07) is 5.10. The van der Waals surface area contributed by atoms with E-state index in [1.165, 1.54) is 0 Å². The Morgan fingerprint density at radius 1 is 1.50 bits per heavy atom. The van der Waals surface area contributed by atoms with Crippen LogP contribution in [0.5, 0.6) is 0 Å². The van der Waals surface area contributed by atoms with Gasteiger partial charge in [-0.2, -0.15) is 0 Å². The van der Waals surface area contributed by atoms with E-state index in [1.54, 1.807) is 18.2 Å². The van der Waals surface area contributed by atoms with Crippen LogP contribution in [-0.4, -0.2) is 11.1 Å². The van der Waals surface area contributed by atoms with Crippen LogP contribution >= 0.6 is 15.9 Å². The lowest BCUT2D eigenvalue weighted by molar-refractivity contribution is -0.0551. The van der Waals surface area contributed by atoms with E-state index in [0.717, 1.165) is 0 Å². The van der Waals surface area contributed by atoms with Gasteiger partial charge in [0.15, 0.2) is 0 Å². The second-order valence-corrected chi connectivity index (χ2v) is 3.31. The molecule has 0 radical (unpaired) electrons. The highest BCUT2D eigenvalue weighted by Crippen LogP contribution is 2.33. The number of esters is 1. The monoisotopic (exact) mass is 228 g/mol. The number of ether oxygens (including phenoxy) is 1. The van der Waals surface area contributed by atoms with Gasteiger partial charge in [0.2, 0.25) is 6.29 Å². The minimum absolute atomic E-state index is 0.428. The number of hydrogen-bond donors (Lipinski definition) is 1. The maximum atomic E-state index is 11.0. The summed E-state index contributed by atoms with van der Waals surface area (Å²) in [6.45, 7) is 0. The van der Waals surface area contributed by atoms with Gasteiger partial charge < -0.3 is 9.84 Å². The van der Waals surface area contributed by atoms with Gasteiger partial charge in [-0.25, -0.2) is 4.79 Å². The Kier molecular flexibility index (Phi) is 1.66. The molecule has 0 spiro atoms. The highest BCUT2D eigenvalue weighted by Gasteiger charge is 2.30. The number of carbonyl (C=O) groups excluding carboxylic acids is 1. The summed E-state index contributed by atoms with van der Waals surface area (Å²) >= 11 is 3.22. The smallest absolute Gasteiger partial charge is 0.341 e. The van der Waals surface area contributed by atoms with E-state index < -0.39 is 12.3 Å². The van der Waals surface area contributed by atoms with Crippen molar-refractivity contribution >= 4 is 21.9 Å². The third-order valence-electron chi connectivity index (χ3n) is 1.74. The lowest BCUT2D eigenvalue weighted by Crippen LogP contribution is -1.96. The molecule has 0 unspecified atom stereocenters. The number of halogens is 1. The van der Waals surface area contributed by atoms with E-state index in [1.807, 2.05) is 0 Å². The Morgan fingerprint density at radius 2 is 2.25 bits per heavy atom. The summed E-state index contributed by atoms with van der Waals surface area (Å²) < 4.78 is 5.29. The maximum absolute atomic E-state index is 11.0. The van der Waals surface area contributed by atoms with E-state index in [0.29, 0.717) is 15.6 Å². The van der Waals surface area contributed by atoms with Crippen molar-refractivity contribution < 1.29 is 14.6 Å². The molecule has 1 aromatic rings. The molecule has 0 aliphatic carbocycles. The van der Waals surface area contributed by atoms with E-state index in [4.69, 9.17) is 0 Å². The molecule has 1 atom stereocenters. The van der Waals surface area contributed by atoms with Crippen LogP contribution in [0.15, 0.2) is 22.7 Å². The molecule has 62 valence electrons. The van der Waals surface area contributed by atoms with Gasteiger partial charge in [-0.1, -0.05) is 22.0 Å². The van der Waals surface area contributed by atoms with E-state index in [-0.39, 0.29) is 0 Å². The van der Waals surface area contributed by atoms with Crippen molar-refractivity contribution in [3.63, 3.8) is 0 Å². The Bertz CT molecular complexity index is 348. The van der Waals surface area contributed by atoms with Crippen LogP contribution in [0.25, 0.3) is 0 Å². The summed E-state index contributed by atoms with van der Waals surface area (Å²) in [5.74, 6) is -0.473. The quantitative estimate of drug-likeness (QED) is 0.687. The minimum atomic E-state index is -1.12. The number of carbonyl (C=O) groups is 1. The van der Waals surface area contributed by atoms with Crippen molar-refractivity contribution in [2.45, 2.75) is 6.29 Å². The molecule has 1 N–H and O–H groups in total. The molecule has 0 fully saturated rings. The fourth-order valence-electron chi connectivity index (χ4n) is 1.19. The lowest BCUT2D eigenvalue weighted by atomic mass is 10.1. The predicted molar refractivity (Wildman–Crippen MR) is 44.5 cm³/mol. The third-order valence-corrected chi connectivity index (χ3v) is 2.43. The van der Waals surface area contributed by atoms with Crippen LogP contribution in [0.1, 0.15) is 22.2 Å². The largest absolute Gasteiger partial charge is 0.428 e. The maximum Gasteiger partial charge on any atom is 0.341 e. The SMILES string of the molecule is O=C1O[C@@H](O)c2c(Br)cccc21. The van der Waals surface area contributed by atoms with Gasteiger partial charge in [-0.05, 0) is 12.1 Å². The molecule has 0 bridgehead atoms. The van der Waals surface area contributed by atoms with Gasteiger partial charge in [-0.3, -0.25) is 0 Å². The number of aliphatic hydroxyl groups excluding tert-OH is 1. The van der Waals surface area contributed by atoms with Crippen molar-refractivity contribution in [2.75, 3.05) is 0 Å². The third kappa shape index (κ3) is 0.956. The number of fused-ring (bicyclic) bond motifs is 1. The normalized spacial score (nSPS) is 20.5. The van der Waals surface area contributed by atoms with E-state index in [2.05, 4.69) is 20.7 Å².